The Morgan fingerprint density at radius 3 is 2.76 bits per heavy atom. The molecule has 0 radical (unpaired) electrons. The molecule has 34 heavy (non-hydrogen) atoms. The van der Waals surface area contributed by atoms with E-state index >= 15 is 0 Å². The Labute approximate surface area is 203 Å². The summed E-state index contributed by atoms with van der Waals surface area (Å²) >= 11 is 6.34. The van der Waals surface area contributed by atoms with Gasteiger partial charge in [-0.25, -0.2) is 4.98 Å². The third-order valence-corrected chi connectivity index (χ3v) is 7.24. The second-order valence-electron chi connectivity index (χ2n) is 9.23. The van der Waals surface area contributed by atoms with Crippen molar-refractivity contribution in [2.75, 3.05) is 46.8 Å². The van der Waals surface area contributed by atoms with E-state index in [1.165, 1.54) is 17.7 Å². The average molecular weight is 476 g/mol. The summed E-state index contributed by atoms with van der Waals surface area (Å²) in [4.78, 5) is 28.4. The van der Waals surface area contributed by atoms with Crippen LogP contribution in [0.5, 0.6) is 0 Å². The van der Waals surface area contributed by atoms with Gasteiger partial charge < -0.3 is 20.4 Å². The predicted molar refractivity (Wildman–Crippen MR) is 136 cm³/mol. The van der Waals surface area contributed by atoms with E-state index in [0.29, 0.717) is 46.8 Å². The molecule has 0 spiro atoms. The Hall–Kier alpha value is -3.36. The van der Waals surface area contributed by atoms with Gasteiger partial charge in [-0.15, -0.1) is 0 Å². The summed E-state index contributed by atoms with van der Waals surface area (Å²) in [5.74, 6) is 0.892. The number of benzene rings is 2. The predicted octanol–water partition coefficient (Wildman–Crippen LogP) is 3.79. The van der Waals surface area contributed by atoms with Gasteiger partial charge in [-0.05, 0) is 49.2 Å². The third-order valence-electron chi connectivity index (χ3n) is 6.92. The zero-order chi connectivity index (χ0) is 23.4. The van der Waals surface area contributed by atoms with Gasteiger partial charge in [0.15, 0.2) is 0 Å². The van der Waals surface area contributed by atoms with Crippen molar-refractivity contribution in [1.82, 2.24) is 15.3 Å². The highest BCUT2D eigenvalue weighted by Gasteiger charge is 2.38. The summed E-state index contributed by atoms with van der Waals surface area (Å²) in [5, 5.41) is 7.40. The summed E-state index contributed by atoms with van der Waals surface area (Å²) in [6.45, 7) is 4.63. The van der Waals surface area contributed by atoms with Crippen LogP contribution in [0.15, 0.2) is 48.7 Å². The molecule has 8 nitrogen and oxygen atoms in total. The third kappa shape index (κ3) is 3.54. The van der Waals surface area contributed by atoms with Crippen molar-refractivity contribution < 1.29 is 4.79 Å². The molecule has 0 aliphatic carbocycles. The van der Waals surface area contributed by atoms with E-state index in [4.69, 9.17) is 11.6 Å². The van der Waals surface area contributed by atoms with Gasteiger partial charge in [-0.1, -0.05) is 23.7 Å². The number of para-hydroxylation sites is 1. The minimum Gasteiger partial charge on any atom is -0.365 e. The molecular formula is C25H26ClN7O. The molecule has 0 saturated carbocycles. The number of carbonyl (C=O) groups is 1. The number of anilines is 5. The van der Waals surface area contributed by atoms with Crippen molar-refractivity contribution in [2.24, 2.45) is 0 Å². The highest BCUT2D eigenvalue weighted by molar-refractivity contribution is 6.34. The number of hydrogen-bond donors (Lipinski definition) is 2. The first-order valence-corrected chi connectivity index (χ1v) is 11.9. The Balaban J connectivity index is 1.23. The number of halogens is 1. The van der Waals surface area contributed by atoms with E-state index in [2.05, 4.69) is 50.6 Å². The van der Waals surface area contributed by atoms with Gasteiger partial charge >= 0.3 is 0 Å². The van der Waals surface area contributed by atoms with Crippen LogP contribution < -0.4 is 25.3 Å². The van der Waals surface area contributed by atoms with Crippen LogP contribution in [-0.2, 0) is 0 Å². The van der Waals surface area contributed by atoms with E-state index in [9.17, 15) is 4.79 Å². The van der Waals surface area contributed by atoms with Crippen LogP contribution in [0.3, 0.4) is 0 Å². The average Bonchev–Trinajstić information content (AvgIpc) is 3.46. The molecule has 2 bridgehead atoms. The quantitative estimate of drug-likeness (QED) is 0.594. The summed E-state index contributed by atoms with van der Waals surface area (Å²) < 4.78 is 0. The molecule has 174 valence electrons. The number of fused-ring (bicyclic) bond motifs is 3. The lowest BCUT2D eigenvalue weighted by Crippen LogP contribution is -2.46. The highest BCUT2D eigenvalue weighted by Crippen LogP contribution is 2.35. The van der Waals surface area contributed by atoms with Crippen molar-refractivity contribution in [3.63, 3.8) is 0 Å². The molecule has 2 fully saturated rings. The van der Waals surface area contributed by atoms with E-state index in [0.717, 1.165) is 18.8 Å². The molecule has 2 N–H and O–H groups in total. The van der Waals surface area contributed by atoms with Crippen LogP contribution in [0, 0.1) is 6.92 Å². The van der Waals surface area contributed by atoms with Gasteiger partial charge in [0.1, 0.15) is 11.4 Å². The van der Waals surface area contributed by atoms with Crippen LogP contribution in [0.25, 0.3) is 0 Å². The normalized spacial score (nSPS) is 21.3. The zero-order valence-corrected chi connectivity index (χ0v) is 19.9. The molecule has 3 aliphatic rings. The van der Waals surface area contributed by atoms with Gasteiger partial charge in [0, 0.05) is 49.8 Å². The van der Waals surface area contributed by atoms with Crippen LogP contribution in [-0.4, -0.2) is 54.8 Å². The number of aryl methyl sites for hydroxylation is 1. The largest absolute Gasteiger partial charge is 0.365 e. The van der Waals surface area contributed by atoms with Crippen LogP contribution in [0.1, 0.15) is 22.3 Å². The maximum Gasteiger partial charge on any atom is 0.265 e. The zero-order valence-electron chi connectivity index (χ0n) is 19.1. The first kappa shape index (κ1) is 21.2. The molecule has 6 rings (SSSR count). The van der Waals surface area contributed by atoms with Gasteiger partial charge in [0.25, 0.3) is 5.91 Å². The Morgan fingerprint density at radius 1 is 1.18 bits per heavy atom. The first-order chi connectivity index (χ1) is 16.5. The number of nitrogens with one attached hydrogen (secondary N) is 2. The molecular weight excluding hydrogens is 450 g/mol. The number of amides is 1. The summed E-state index contributed by atoms with van der Waals surface area (Å²) in [5.41, 5.74) is 4.55. The molecule has 1 aromatic heterocycles. The monoisotopic (exact) mass is 475 g/mol. The number of nitrogens with zero attached hydrogens (tertiary/aromatic N) is 5. The van der Waals surface area contributed by atoms with Crippen molar-refractivity contribution >= 4 is 46.3 Å². The number of hydrogen-bond acceptors (Lipinski definition) is 7. The molecule has 9 heteroatoms. The SMILES string of the molecule is Cc1cc(Nc2ncc3c(n2)N(C)CN(c2ccccc2Cl)C3=O)ccc1N1C[C@@H]2C[C@H]1CN2. The number of aromatic nitrogens is 2. The summed E-state index contributed by atoms with van der Waals surface area (Å²) in [7, 11) is 1.91. The smallest absolute Gasteiger partial charge is 0.265 e. The molecule has 2 atom stereocenters. The lowest BCUT2D eigenvalue weighted by atomic mass is 10.1. The molecule has 4 heterocycles. The minimum atomic E-state index is -0.164. The molecule has 2 saturated heterocycles. The fraction of sp³-hybridized carbons (Fsp3) is 0.320. The van der Waals surface area contributed by atoms with Crippen molar-refractivity contribution in [1.29, 1.82) is 0 Å². The maximum atomic E-state index is 13.2. The topological polar surface area (TPSA) is 76.6 Å². The number of carbonyl (C=O) groups excluding carboxylic acids is 1. The Bertz CT molecular complexity index is 1280. The van der Waals surface area contributed by atoms with Gasteiger partial charge in [0.2, 0.25) is 5.95 Å². The molecule has 1 amide bonds. The van der Waals surface area contributed by atoms with E-state index in [1.807, 2.05) is 30.1 Å². The standard InChI is InChI=1S/C25H26ClN7O/c1-15-9-16(7-8-21(15)32-13-17-10-18(32)11-27-17)29-25-28-12-19-23(30-25)31(2)14-33(24(19)34)22-6-4-3-5-20(22)26/h3-9,12,17-18,27H,10-11,13-14H2,1-2H3,(H,28,29,30)/t17-,18-/m0/s1. The van der Waals surface area contributed by atoms with Crippen LogP contribution in [0.2, 0.25) is 5.02 Å². The van der Waals surface area contributed by atoms with Crippen LogP contribution in [0.4, 0.5) is 28.8 Å². The van der Waals surface area contributed by atoms with Gasteiger partial charge in [0.05, 0.1) is 17.4 Å². The number of rotatable bonds is 4. The Kier molecular flexibility index (Phi) is 5.08. The molecule has 3 aliphatic heterocycles. The van der Waals surface area contributed by atoms with Crippen molar-refractivity contribution in [3.05, 3.63) is 64.8 Å². The highest BCUT2D eigenvalue weighted by atomic mass is 35.5. The maximum absolute atomic E-state index is 13.2. The summed E-state index contributed by atoms with van der Waals surface area (Å²) in [6, 6.07) is 14.9. The van der Waals surface area contributed by atoms with Crippen molar-refractivity contribution in [3.8, 4) is 0 Å². The fourth-order valence-electron chi connectivity index (χ4n) is 5.26. The Morgan fingerprint density at radius 2 is 2.03 bits per heavy atom. The second kappa shape index (κ2) is 8.14. The van der Waals surface area contributed by atoms with E-state index in [-0.39, 0.29) is 5.91 Å². The second-order valence-corrected chi connectivity index (χ2v) is 9.64. The first-order valence-electron chi connectivity index (χ1n) is 11.5. The lowest BCUT2D eigenvalue weighted by Gasteiger charge is -2.35. The van der Waals surface area contributed by atoms with Gasteiger partial charge in [-0.3, -0.25) is 9.69 Å². The van der Waals surface area contributed by atoms with Gasteiger partial charge in [-0.2, -0.15) is 4.98 Å². The molecule has 0 unspecified atom stereocenters. The molecule has 2 aromatic carbocycles. The van der Waals surface area contributed by atoms with Crippen molar-refractivity contribution in [2.45, 2.75) is 25.4 Å². The fourth-order valence-corrected chi connectivity index (χ4v) is 5.50. The van der Waals surface area contributed by atoms with E-state index in [1.54, 1.807) is 17.2 Å². The summed E-state index contributed by atoms with van der Waals surface area (Å²) in [6.07, 6.45) is 2.81. The lowest BCUT2D eigenvalue weighted by molar-refractivity contribution is 0.0982. The van der Waals surface area contributed by atoms with Crippen LogP contribution >= 0.6 is 11.6 Å². The van der Waals surface area contributed by atoms with E-state index < -0.39 is 0 Å². The number of piperazine rings is 1. The molecule has 3 aromatic rings. The minimum absolute atomic E-state index is 0.164.